The molecule has 0 aliphatic carbocycles. The van der Waals surface area contributed by atoms with Crippen molar-refractivity contribution in [2.24, 2.45) is 0 Å². The Kier molecular flexibility index (Phi) is 6.84. The van der Waals surface area contributed by atoms with E-state index in [4.69, 9.17) is 21.1 Å². The largest absolute Gasteiger partial charge is 0.481 e. The maximum atomic E-state index is 12.7. The topological polar surface area (TPSA) is 137 Å². The molecule has 11 nitrogen and oxygen atoms in total. The first-order chi connectivity index (χ1) is 15.1. The second-order valence-electron chi connectivity index (χ2n) is 6.60. The zero-order valence-electron chi connectivity index (χ0n) is 17.7. The first-order valence-electron chi connectivity index (χ1n) is 9.25. The highest BCUT2D eigenvalue weighted by molar-refractivity contribution is 7.92. The highest BCUT2D eigenvalue weighted by Crippen LogP contribution is 2.23. The van der Waals surface area contributed by atoms with Gasteiger partial charge in [0.25, 0.3) is 10.0 Å². The van der Waals surface area contributed by atoms with Crippen LogP contribution in [0.1, 0.15) is 18.7 Å². The Morgan fingerprint density at radius 3 is 2.41 bits per heavy atom. The Hall–Kier alpha value is -3.38. The molecule has 2 N–H and O–H groups in total. The van der Waals surface area contributed by atoms with E-state index in [1.165, 1.54) is 55.4 Å². The maximum Gasteiger partial charge on any atom is 0.321 e. The molecule has 0 saturated carbocycles. The fraction of sp³-hybridized carbons (Fsp3) is 0.263. The lowest BCUT2D eigenvalue weighted by Crippen LogP contribution is -2.25. The minimum absolute atomic E-state index is 0.0202. The van der Waals surface area contributed by atoms with Crippen molar-refractivity contribution in [3.8, 4) is 11.9 Å². The quantitative estimate of drug-likeness (QED) is 0.502. The van der Waals surface area contributed by atoms with Gasteiger partial charge in [0.15, 0.2) is 5.82 Å². The lowest BCUT2D eigenvalue weighted by atomic mass is 10.2. The van der Waals surface area contributed by atoms with E-state index in [0.29, 0.717) is 16.4 Å². The molecule has 1 aromatic carbocycles. The molecule has 0 saturated heterocycles. The smallest absolute Gasteiger partial charge is 0.321 e. The zero-order chi connectivity index (χ0) is 23.5. The predicted molar refractivity (Wildman–Crippen MR) is 118 cm³/mol. The number of ether oxygens (including phenoxy) is 2. The molecule has 0 aliphatic rings. The molecule has 3 rings (SSSR count). The fourth-order valence-electron chi connectivity index (χ4n) is 2.72. The van der Waals surface area contributed by atoms with Gasteiger partial charge in [0.2, 0.25) is 11.8 Å². The number of aromatic nitrogens is 4. The van der Waals surface area contributed by atoms with E-state index in [2.05, 4.69) is 25.1 Å². The molecule has 1 amide bonds. The molecule has 2 aromatic heterocycles. The van der Waals surface area contributed by atoms with Crippen LogP contribution in [0.25, 0.3) is 0 Å². The maximum absolute atomic E-state index is 12.7. The van der Waals surface area contributed by atoms with Crippen molar-refractivity contribution >= 4 is 39.0 Å². The molecule has 32 heavy (non-hydrogen) atoms. The summed E-state index contributed by atoms with van der Waals surface area (Å²) in [5.41, 5.74) is 1.09. The van der Waals surface area contributed by atoms with Crippen LogP contribution in [0.2, 0.25) is 5.02 Å². The summed E-state index contributed by atoms with van der Waals surface area (Å²) in [6.07, 6.45) is 1.47. The lowest BCUT2D eigenvalue weighted by Gasteiger charge is -2.15. The number of hydrogen-bond acceptors (Lipinski definition) is 8. The van der Waals surface area contributed by atoms with Gasteiger partial charge in [-0.15, -0.1) is 0 Å². The molecule has 0 radical (unpaired) electrons. The summed E-state index contributed by atoms with van der Waals surface area (Å²) in [7, 11) is -1.23. The molecule has 0 spiro atoms. The second-order valence-corrected chi connectivity index (χ2v) is 8.69. The standard InChI is InChI=1S/C19H21ClN6O5S/c1-11-15(20)10-21-26(11)12(2)18(27)22-13-5-7-14(8-6-13)32(28,29)25-16-9-17(30-3)24-19(23-16)31-4/h5-10,12H,1-4H3,(H,22,27)(H,23,24,25). The molecule has 0 bridgehead atoms. The van der Waals surface area contributed by atoms with Crippen LogP contribution in [-0.4, -0.2) is 48.3 Å². The molecule has 170 valence electrons. The van der Waals surface area contributed by atoms with Gasteiger partial charge >= 0.3 is 6.01 Å². The summed E-state index contributed by atoms with van der Waals surface area (Å²) in [4.78, 5) is 20.4. The normalized spacial score (nSPS) is 12.2. The van der Waals surface area contributed by atoms with Crippen molar-refractivity contribution in [1.29, 1.82) is 0 Å². The minimum atomic E-state index is -3.96. The number of carbonyl (C=O) groups is 1. The van der Waals surface area contributed by atoms with Crippen LogP contribution in [0.15, 0.2) is 41.4 Å². The minimum Gasteiger partial charge on any atom is -0.481 e. The molecule has 1 unspecified atom stereocenters. The van der Waals surface area contributed by atoms with E-state index < -0.39 is 16.1 Å². The first-order valence-corrected chi connectivity index (χ1v) is 11.1. The van der Waals surface area contributed by atoms with Gasteiger partial charge in [0.05, 0.1) is 36.0 Å². The molecular formula is C19H21ClN6O5S. The van der Waals surface area contributed by atoms with Crippen LogP contribution in [-0.2, 0) is 14.8 Å². The van der Waals surface area contributed by atoms with E-state index in [1.54, 1.807) is 13.8 Å². The van der Waals surface area contributed by atoms with E-state index in [-0.39, 0.29) is 28.5 Å². The van der Waals surface area contributed by atoms with E-state index in [9.17, 15) is 13.2 Å². The molecule has 3 aromatic rings. The van der Waals surface area contributed by atoms with E-state index in [1.807, 2.05) is 0 Å². The Morgan fingerprint density at radius 1 is 1.16 bits per heavy atom. The number of sulfonamides is 1. The Balaban J connectivity index is 1.73. The third-order valence-corrected chi connectivity index (χ3v) is 6.22. The number of hydrogen-bond donors (Lipinski definition) is 2. The van der Waals surface area contributed by atoms with Crippen LogP contribution in [0.5, 0.6) is 11.9 Å². The summed E-state index contributed by atoms with van der Waals surface area (Å²) in [5.74, 6) is -0.217. The van der Waals surface area contributed by atoms with Crippen molar-refractivity contribution in [3.63, 3.8) is 0 Å². The lowest BCUT2D eigenvalue weighted by molar-refractivity contribution is -0.119. The number of methoxy groups -OCH3 is 2. The number of amides is 1. The van der Waals surface area contributed by atoms with Crippen molar-refractivity contribution in [2.45, 2.75) is 24.8 Å². The molecule has 2 heterocycles. The third kappa shape index (κ3) is 5.08. The highest BCUT2D eigenvalue weighted by Gasteiger charge is 2.20. The van der Waals surface area contributed by atoms with Crippen LogP contribution in [0, 0.1) is 6.92 Å². The van der Waals surface area contributed by atoms with Crippen molar-refractivity contribution < 1.29 is 22.7 Å². The highest BCUT2D eigenvalue weighted by atomic mass is 35.5. The SMILES string of the molecule is COc1cc(NS(=O)(=O)c2ccc(NC(=O)C(C)n3ncc(Cl)c3C)cc2)nc(OC)n1. The van der Waals surface area contributed by atoms with Gasteiger partial charge in [-0.1, -0.05) is 11.6 Å². The predicted octanol–water partition coefficient (Wildman–Crippen LogP) is 2.65. The molecule has 1 atom stereocenters. The second kappa shape index (κ2) is 9.40. The van der Waals surface area contributed by atoms with Crippen LogP contribution < -0.4 is 19.5 Å². The van der Waals surface area contributed by atoms with E-state index in [0.717, 1.165) is 0 Å². The Bertz CT molecular complexity index is 1210. The molecule has 0 aliphatic heterocycles. The summed E-state index contributed by atoms with van der Waals surface area (Å²) >= 11 is 5.99. The zero-order valence-corrected chi connectivity index (χ0v) is 19.2. The van der Waals surface area contributed by atoms with Crippen molar-refractivity contribution in [3.05, 3.63) is 47.2 Å². The number of nitrogens with zero attached hydrogens (tertiary/aromatic N) is 4. The monoisotopic (exact) mass is 480 g/mol. The Labute approximate surface area is 189 Å². The van der Waals surface area contributed by atoms with Crippen molar-refractivity contribution in [1.82, 2.24) is 19.7 Å². The van der Waals surface area contributed by atoms with Gasteiger partial charge in [-0.3, -0.25) is 14.2 Å². The summed E-state index contributed by atoms with van der Waals surface area (Å²) < 4.78 is 39.2. The van der Waals surface area contributed by atoms with Gasteiger partial charge < -0.3 is 14.8 Å². The van der Waals surface area contributed by atoms with E-state index >= 15 is 0 Å². The van der Waals surface area contributed by atoms with Gasteiger partial charge in [0.1, 0.15) is 6.04 Å². The first kappa shape index (κ1) is 23.3. The summed E-state index contributed by atoms with van der Waals surface area (Å²) in [6, 6.07) is 6.31. The summed E-state index contributed by atoms with van der Waals surface area (Å²) in [6.45, 7) is 3.44. The fourth-order valence-corrected chi connectivity index (χ4v) is 3.84. The molecular weight excluding hydrogens is 460 g/mol. The van der Waals surface area contributed by atoms with Crippen LogP contribution in [0.4, 0.5) is 11.5 Å². The summed E-state index contributed by atoms with van der Waals surface area (Å²) in [5, 5.41) is 7.28. The average Bonchev–Trinajstić information content (AvgIpc) is 3.11. The average molecular weight is 481 g/mol. The Morgan fingerprint density at radius 2 is 1.84 bits per heavy atom. The number of anilines is 2. The number of benzene rings is 1. The third-order valence-electron chi connectivity index (χ3n) is 4.48. The van der Waals surface area contributed by atoms with Gasteiger partial charge in [-0.2, -0.15) is 15.1 Å². The van der Waals surface area contributed by atoms with Crippen molar-refractivity contribution in [2.75, 3.05) is 24.3 Å². The number of nitrogens with one attached hydrogen (secondary N) is 2. The van der Waals surface area contributed by atoms with Gasteiger partial charge in [0, 0.05) is 11.8 Å². The van der Waals surface area contributed by atoms with Crippen LogP contribution >= 0.6 is 11.6 Å². The van der Waals surface area contributed by atoms with Gasteiger partial charge in [-0.05, 0) is 38.1 Å². The molecule has 13 heteroatoms. The van der Waals surface area contributed by atoms with Crippen LogP contribution in [0.3, 0.4) is 0 Å². The molecule has 0 fully saturated rings. The van der Waals surface area contributed by atoms with Gasteiger partial charge in [-0.25, -0.2) is 8.42 Å². The number of carbonyl (C=O) groups excluding carboxylic acids is 1. The number of halogens is 1. The number of rotatable bonds is 8.